The van der Waals surface area contributed by atoms with Gasteiger partial charge in [-0.3, -0.25) is 0 Å². The fourth-order valence-corrected chi connectivity index (χ4v) is 3.13. The summed E-state index contributed by atoms with van der Waals surface area (Å²) < 4.78 is 0. The van der Waals surface area contributed by atoms with Gasteiger partial charge < -0.3 is 5.11 Å². The molecule has 0 aromatic rings. The molecule has 0 heterocycles. The third-order valence-corrected chi connectivity index (χ3v) is 4.10. The molecule has 0 aromatic carbocycles. The molecule has 2 rings (SSSR count). The number of hydrogen-bond acceptors (Lipinski definition) is 1. The van der Waals surface area contributed by atoms with Crippen LogP contribution in [-0.4, -0.2) is 10.7 Å². The Hall–Kier alpha value is -0.0400. The average Bonchev–Trinajstić information content (AvgIpc) is 2.34. The third-order valence-electron chi connectivity index (χ3n) is 4.10. The molecule has 1 spiro atoms. The zero-order valence-electron chi connectivity index (χ0n) is 8.27. The Morgan fingerprint density at radius 2 is 1.58 bits per heavy atom. The lowest BCUT2D eigenvalue weighted by Gasteiger charge is -2.54. The van der Waals surface area contributed by atoms with Crippen molar-refractivity contribution in [2.45, 2.75) is 58.0 Å². The Labute approximate surface area is 75.2 Å². The molecule has 0 aromatic heterocycles. The van der Waals surface area contributed by atoms with Gasteiger partial charge in [0.05, 0.1) is 5.60 Å². The normalized spacial score (nSPS) is 31.0. The molecule has 2 aliphatic rings. The second-order valence-electron chi connectivity index (χ2n) is 5.32. The summed E-state index contributed by atoms with van der Waals surface area (Å²) in [6.07, 6.45) is 7.71. The van der Waals surface area contributed by atoms with Crippen LogP contribution in [0.4, 0.5) is 0 Å². The first-order valence-corrected chi connectivity index (χ1v) is 5.29. The summed E-state index contributed by atoms with van der Waals surface area (Å²) in [6, 6.07) is 0. The van der Waals surface area contributed by atoms with Gasteiger partial charge in [0, 0.05) is 0 Å². The first-order chi connectivity index (χ1) is 5.56. The first-order valence-electron chi connectivity index (χ1n) is 5.29. The van der Waals surface area contributed by atoms with Crippen molar-refractivity contribution in [1.82, 2.24) is 0 Å². The molecule has 0 amide bonds. The van der Waals surface area contributed by atoms with Crippen LogP contribution in [0.1, 0.15) is 52.4 Å². The molecule has 12 heavy (non-hydrogen) atoms. The lowest BCUT2D eigenvalue weighted by atomic mass is 9.55. The molecule has 1 nitrogen and oxygen atoms in total. The van der Waals surface area contributed by atoms with E-state index in [1.165, 1.54) is 25.7 Å². The highest BCUT2D eigenvalue weighted by Gasteiger charge is 2.55. The molecule has 0 unspecified atom stereocenters. The summed E-state index contributed by atoms with van der Waals surface area (Å²) in [6.45, 7) is 4.28. The predicted octanol–water partition coefficient (Wildman–Crippen LogP) is 2.73. The minimum atomic E-state index is -0.301. The van der Waals surface area contributed by atoms with Crippen molar-refractivity contribution in [3.63, 3.8) is 0 Å². The number of hydrogen-bond donors (Lipinski definition) is 1. The SMILES string of the molecule is CC(C)C1(O)CC2(CCCC2)C1. The van der Waals surface area contributed by atoms with Crippen LogP contribution in [0.15, 0.2) is 0 Å². The fraction of sp³-hybridized carbons (Fsp3) is 1.00. The Kier molecular flexibility index (Phi) is 1.76. The van der Waals surface area contributed by atoms with Gasteiger partial charge in [0.25, 0.3) is 0 Å². The zero-order valence-corrected chi connectivity index (χ0v) is 8.27. The van der Waals surface area contributed by atoms with E-state index in [4.69, 9.17) is 0 Å². The van der Waals surface area contributed by atoms with Gasteiger partial charge in [-0.1, -0.05) is 26.7 Å². The maximum Gasteiger partial charge on any atom is 0.0681 e. The van der Waals surface area contributed by atoms with E-state index < -0.39 is 0 Å². The van der Waals surface area contributed by atoms with Crippen LogP contribution in [0.25, 0.3) is 0 Å². The van der Waals surface area contributed by atoms with Gasteiger partial charge in [0.15, 0.2) is 0 Å². The largest absolute Gasteiger partial charge is 0.390 e. The van der Waals surface area contributed by atoms with Gasteiger partial charge in [-0.15, -0.1) is 0 Å². The second-order valence-corrected chi connectivity index (χ2v) is 5.32. The van der Waals surface area contributed by atoms with Crippen LogP contribution in [-0.2, 0) is 0 Å². The molecule has 2 fully saturated rings. The monoisotopic (exact) mass is 168 g/mol. The van der Waals surface area contributed by atoms with Crippen molar-refractivity contribution in [1.29, 1.82) is 0 Å². The fourth-order valence-electron chi connectivity index (χ4n) is 3.13. The van der Waals surface area contributed by atoms with E-state index >= 15 is 0 Å². The summed E-state index contributed by atoms with van der Waals surface area (Å²) >= 11 is 0. The van der Waals surface area contributed by atoms with E-state index in [0.717, 1.165) is 12.8 Å². The summed E-state index contributed by atoms with van der Waals surface area (Å²) in [4.78, 5) is 0. The zero-order chi connectivity index (χ0) is 8.82. The van der Waals surface area contributed by atoms with E-state index in [0.29, 0.717) is 11.3 Å². The molecule has 1 heteroatoms. The number of rotatable bonds is 1. The van der Waals surface area contributed by atoms with E-state index in [1.807, 2.05) is 0 Å². The van der Waals surface area contributed by atoms with E-state index in [-0.39, 0.29) is 5.60 Å². The smallest absolute Gasteiger partial charge is 0.0681 e. The maximum atomic E-state index is 10.1. The van der Waals surface area contributed by atoms with Gasteiger partial charge >= 0.3 is 0 Å². The molecule has 2 aliphatic carbocycles. The lowest BCUT2D eigenvalue weighted by Crippen LogP contribution is -2.53. The molecular formula is C11H20O. The van der Waals surface area contributed by atoms with Crippen molar-refractivity contribution < 1.29 is 5.11 Å². The predicted molar refractivity (Wildman–Crippen MR) is 49.9 cm³/mol. The van der Waals surface area contributed by atoms with Crippen molar-refractivity contribution in [3.05, 3.63) is 0 Å². The molecule has 70 valence electrons. The van der Waals surface area contributed by atoms with Crippen LogP contribution in [0.2, 0.25) is 0 Å². The van der Waals surface area contributed by atoms with Crippen molar-refractivity contribution >= 4 is 0 Å². The van der Waals surface area contributed by atoms with Gasteiger partial charge in [-0.25, -0.2) is 0 Å². The first kappa shape index (κ1) is 8.55. The molecule has 1 N–H and O–H groups in total. The van der Waals surface area contributed by atoms with E-state index in [2.05, 4.69) is 13.8 Å². The van der Waals surface area contributed by atoms with Gasteiger partial charge in [-0.05, 0) is 37.0 Å². The average molecular weight is 168 g/mol. The Morgan fingerprint density at radius 3 is 2.00 bits per heavy atom. The highest BCUT2D eigenvalue weighted by atomic mass is 16.3. The van der Waals surface area contributed by atoms with Gasteiger partial charge in [-0.2, -0.15) is 0 Å². The standard InChI is InChI=1S/C11H20O/c1-9(2)11(12)7-10(8-11)5-3-4-6-10/h9,12H,3-8H2,1-2H3. The molecule has 0 radical (unpaired) electrons. The van der Waals surface area contributed by atoms with Crippen molar-refractivity contribution in [2.24, 2.45) is 11.3 Å². The summed E-state index contributed by atoms with van der Waals surface area (Å²) in [5, 5.41) is 10.1. The minimum absolute atomic E-state index is 0.301. The lowest BCUT2D eigenvalue weighted by molar-refractivity contribution is -0.154. The van der Waals surface area contributed by atoms with E-state index in [1.54, 1.807) is 0 Å². The molecule has 0 bridgehead atoms. The Balaban J connectivity index is 1.97. The summed E-state index contributed by atoms with van der Waals surface area (Å²) in [7, 11) is 0. The van der Waals surface area contributed by atoms with Crippen LogP contribution in [0.3, 0.4) is 0 Å². The van der Waals surface area contributed by atoms with Crippen LogP contribution in [0.5, 0.6) is 0 Å². The quantitative estimate of drug-likeness (QED) is 0.638. The molecule has 0 saturated heterocycles. The van der Waals surface area contributed by atoms with Crippen LogP contribution >= 0.6 is 0 Å². The Morgan fingerprint density at radius 1 is 1.08 bits per heavy atom. The third kappa shape index (κ3) is 1.10. The van der Waals surface area contributed by atoms with Crippen LogP contribution < -0.4 is 0 Å². The summed E-state index contributed by atoms with van der Waals surface area (Å²) in [5.74, 6) is 0.448. The minimum Gasteiger partial charge on any atom is -0.390 e. The molecule has 0 aliphatic heterocycles. The van der Waals surface area contributed by atoms with Gasteiger partial charge in [0.1, 0.15) is 0 Å². The molecule has 0 atom stereocenters. The molecular weight excluding hydrogens is 148 g/mol. The van der Waals surface area contributed by atoms with Crippen molar-refractivity contribution in [2.75, 3.05) is 0 Å². The van der Waals surface area contributed by atoms with Gasteiger partial charge in [0.2, 0.25) is 0 Å². The number of aliphatic hydroxyl groups is 1. The molecule has 2 saturated carbocycles. The topological polar surface area (TPSA) is 20.2 Å². The maximum absolute atomic E-state index is 10.1. The highest BCUT2D eigenvalue weighted by molar-refractivity contribution is 5.06. The van der Waals surface area contributed by atoms with Crippen molar-refractivity contribution in [3.8, 4) is 0 Å². The second kappa shape index (κ2) is 2.47. The van der Waals surface area contributed by atoms with Crippen LogP contribution in [0, 0.1) is 11.3 Å². The highest BCUT2D eigenvalue weighted by Crippen LogP contribution is 2.60. The Bertz CT molecular complexity index is 167. The summed E-state index contributed by atoms with van der Waals surface area (Å²) in [5.41, 5.74) is 0.281. The van der Waals surface area contributed by atoms with E-state index in [9.17, 15) is 5.11 Å².